The Morgan fingerprint density at radius 1 is 1.24 bits per heavy atom. The van der Waals surface area contributed by atoms with E-state index in [1.165, 1.54) is 0 Å². The van der Waals surface area contributed by atoms with Crippen LogP contribution >= 0.6 is 36.4 Å². The summed E-state index contributed by atoms with van der Waals surface area (Å²) in [6.45, 7) is 5.16. The van der Waals surface area contributed by atoms with E-state index in [2.05, 4.69) is 24.3 Å². The first-order chi connectivity index (χ1) is 9.08. The third kappa shape index (κ3) is 7.98. The van der Waals surface area contributed by atoms with Gasteiger partial charge >= 0.3 is 0 Å². The van der Waals surface area contributed by atoms with Gasteiger partial charge in [-0.15, -0.1) is 24.8 Å². The van der Waals surface area contributed by atoms with Crippen molar-refractivity contribution in [1.29, 1.82) is 0 Å². The Bertz CT molecular complexity index is 404. The van der Waals surface area contributed by atoms with Gasteiger partial charge in [-0.2, -0.15) is 0 Å². The maximum Gasteiger partial charge on any atom is 0.165 e. The molecule has 0 radical (unpaired) electrons. The van der Waals surface area contributed by atoms with Crippen LogP contribution in [0, 0.1) is 0 Å². The van der Waals surface area contributed by atoms with E-state index in [9.17, 15) is 0 Å². The van der Waals surface area contributed by atoms with Crippen molar-refractivity contribution in [3.63, 3.8) is 0 Å². The minimum Gasteiger partial charge on any atom is -0.493 e. The molecule has 0 unspecified atom stereocenters. The fourth-order valence-corrected chi connectivity index (χ4v) is 1.97. The summed E-state index contributed by atoms with van der Waals surface area (Å²) in [5.41, 5.74) is 1.02. The molecule has 1 aromatic carbocycles. The molecule has 0 aromatic heterocycles. The number of nitrogens with zero attached hydrogens (tertiary/aromatic N) is 1. The molecule has 0 aliphatic carbocycles. The van der Waals surface area contributed by atoms with Crippen molar-refractivity contribution in [3.05, 3.63) is 22.7 Å². The van der Waals surface area contributed by atoms with Crippen LogP contribution in [0.15, 0.2) is 12.1 Å². The highest BCUT2D eigenvalue weighted by molar-refractivity contribution is 6.30. The molecular weight excluding hydrogens is 335 g/mol. The molecule has 0 saturated carbocycles. The number of rotatable bonds is 8. The van der Waals surface area contributed by atoms with E-state index in [1.54, 1.807) is 13.2 Å². The molecule has 0 spiro atoms. The number of hydrogen-bond donors (Lipinski definition) is 1. The highest BCUT2D eigenvalue weighted by atomic mass is 35.5. The number of ether oxygens (including phenoxy) is 2. The van der Waals surface area contributed by atoms with Gasteiger partial charge in [-0.1, -0.05) is 11.6 Å². The second-order valence-corrected chi connectivity index (χ2v) is 4.95. The van der Waals surface area contributed by atoms with Gasteiger partial charge in [-0.05, 0) is 27.1 Å². The van der Waals surface area contributed by atoms with Gasteiger partial charge in [0.15, 0.2) is 11.5 Å². The molecule has 0 aliphatic rings. The fraction of sp³-hybridized carbons (Fsp3) is 0.571. The molecule has 1 rings (SSSR count). The summed E-state index contributed by atoms with van der Waals surface area (Å²) in [4.78, 5) is 2.13. The number of benzene rings is 1. The van der Waals surface area contributed by atoms with Crippen LogP contribution in [0.1, 0.15) is 12.5 Å². The number of hydrogen-bond acceptors (Lipinski definition) is 4. The van der Waals surface area contributed by atoms with Crippen LogP contribution in [0.5, 0.6) is 11.5 Å². The third-order valence-corrected chi connectivity index (χ3v) is 2.87. The van der Waals surface area contributed by atoms with E-state index in [4.69, 9.17) is 21.1 Å². The summed E-state index contributed by atoms with van der Waals surface area (Å²) >= 11 is 6.09. The smallest absolute Gasteiger partial charge is 0.165 e. The number of nitrogens with one attached hydrogen (secondary N) is 1. The average Bonchev–Trinajstić information content (AvgIpc) is 2.36. The van der Waals surface area contributed by atoms with E-state index in [-0.39, 0.29) is 24.8 Å². The van der Waals surface area contributed by atoms with E-state index >= 15 is 0 Å². The van der Waals surface area contributed by atoms with Crippen LogP contribution < -0.4 is 14.8 Å². The molecule has 124 valence electrons. The zero-order valence-corrected chi connectivity index (χ0v) is 15.3. The molecule has 1 aromatic rings. The second kappa shape index (κ2) is 12.2. The maximum atomic E-state index is 6.09. The van der Waals surface area contributed by atoms with Crippen LogP contribution in [0.3, 0.4) is 0 Å². The summed E-state index contributed by atoms with van der Waals surface area (Å²) in [6, 6.07) is 3.69. The lowest BCUT2D eigenvalue weighted by Gasteiger charge is -2.16. The minimum absolute atomic E-state index is 0. The molecule has 1 N–H and O–H groups in total. The minimum atomic E-state index is 0. The van der Waals surface area contributed by atoms with Crippen LogP contribution in [-0.4, -0.2) is 45.8 Å². The van der Waals surface area contributed by atoms with Crippen molar-refractivity contribution in [2.24, 2.45) is 0 Å². The van der Waals surface area contributed by atoms with Crippen molar-refractivity contribution in [1.82, 2.24) is 10.2 Å². The van der Waals surface area contributed by atoms with Gasteiger partial charge in [-0.25, -0.2) is 0 Å². The van der Waals surface area contributed by atoms with Crippen molar-refractivity contribution in [2.45, 2.75) is 13.5 Å². The Hall–Kier alpha value is -0.390. The third-order valence-electron chi connectivity index (χ3n) is 2.66. The summed E-state index contributed by atoms with van der Waals surface area (Å²) in [5.74, 6) is 1.45. The van der Waals surface area contributed by atoms with Crippen LogP contribution in [-0.2, 0) is 6.54 Å². The molecule has 0 saturated heterocycles. The molecule has 0 aliphatic heterocycles. The molecule has 0 heterocycles. The summed E-state index contributed by atoms with van der Waals surface area (Å²) in [6.07, 6.45) is 0. The fourth-order valence-electron chi connectivity index (χ4n) is 1.74. The molecule has 0 amide bonds. The van der Waals surface area contributed by atoms with E-state index in [0.29, 0.717) is 23.9 Å². The van der Waals surface area contributed by atoms with Gasteiger partial charge in [0.05, 0.1) is 13.7 Å². The maximum absolute atomic E-state index is 6.09. The highest BCUT2D eigenvalue weighted by Crippen LogP contribution is 2.34. The van der Waals surface area contributed by atoms with Crippen molar-refractivity contribution >= 4 is 36.4 Å². The monoisotopic (exact) mass is 358 g/mol. The summed E-state index contributed by atoms with van der Waals surface area (Å²) in [5, 5.41) is 4.03. The van der Waals surface area contributed by atoms with Crippen LogP contribution in [0.4, 0.5) is 0 Å². The molecule has 0 fully saturated rings. The topological polar surface area (TPSA) is 33.7 Å². The Balaban J connectivity index is 0. The van der Waals surface area contributed by atoms with Gasteiger partial charge in [0, 0.05) is 36.3 Å². The number of likely N-dealkylation sites (N-methyl/N-ethyl adjacent to an activating group) is 1. The predicted octanol–water partition coefficient (Wildman–Crippen LogP) is 3.24. The Morgan fingerprint density at radius 2 is 1.90 bits per heavy atom. The first-order valence-corrected chi connectivity index (χ1v) is 6.81. The zero-order chi connectivity index (χ0) is 14.3. The Kier molecular flexibility index (Phi) is 13.3. The van der Waals surface area contributed by atoms with E-state index < -0.39 is 0 Å². The molecule has 0 bridgehead atoms. The largest absolute Gasteiger partial charge is 0.493 e. The predicted molar refractivity (Wildman–Crippen MR) is 93.9 cm³/mol. The van der Waals surface area contributed by atoms with Crippen molar-refractivity contribution in [3.8, 4) is 11.5 Å². The zero-order valence-electron chi connectivity index (χ0n) is 12.9. The first-order valence-electron chi connectivity index (χ1n) is 6.43. The van der Waals surface area contributed by atoms with Gasteiger partial charge in [0.2, 0.25) is 0 Å². The first kappa shape index (κ1) is 22.9. The SMILES string of the molecule is CCOc1c(CNCCN(C)C)cc(Cl)cc1OC.Cl.Cl. The lowest BCUT2D eigenvalue weighted by Crippen LogP contribution is -2.26. The highest BCUT2D eigenvalue weighted by Gasteiger charge is 2.12. The standard InChI is InChI=1S/C14H23ClN2O2.2ClH/c1-5-19-14-11(10-16-6-7-17(2)3)8-12(15)9-13(14)18-4;;/h8-9,16H,5-7,10H2,1-4H3;2*1H. The molecular formula is C14H25Cl3N2O2. The molecule has 4 nitrogen and oxygen atoms in total. The lowest BCUT2D eigenvalue weighted by atomic mass is 10.2. The van der Waals surface area contributed by atoms with Crippen LogP contribution in [0.25, 0.3) is 0 Å². The van der Waals surface area contributed by atoms with E-state index in [0.717, 1.165) is 24.4 Å². The van der Waals surface area contributed by atoms with Gasteiger partial charge in [0.1, 0.15) is 0 Å². The van der Waals surface area contributed by atoms with Crippen molar-refractivity contribution < 1.29 is 9.47 Å². The number of halogens is 3. The summed E-state index contributed by atoms with van der Waals surface area (Å²) < 4.78 is 11.0. The summed E-state index contributed by atoms with van der Waals surface area (Å²) in [7, 11) is 5.73. The quantitative estimate of drug-likeness (QED) is 0.723. The normalized spacial score (nSPS) is 9.81. The van der Waals surface area contributed by atoms with Crippen molar-refractivity contribution in [2.75, 3.05) is 40.9 Å². The molecule has 7 heteroatoms. The van der Waals surface area contributed by atoms with Gasteiger partial charge in [0.25, 0.3) is 0 Å². The Labute approximate surface area is 144 Å². The lowest BCUT2D eigenvalue weighted by molar-refractivity contribution is 0.306. The van der Waals surface area contributed by atoms with Crippen LogP contribution in [0.2, 0.25) is 5.02 Å². The second-order valence-electron chi connectivity index (χ2n) is 4.51. The van der Waals surface area contributed by atoms with Gasteiger partial charge < -0.3 is 19.7 Å². The van der Waals surface area contributed by atoms with Gasteiger partial charge in [-0.3, -0.25) is 0 Å². The Morgan fingerprint density at radius 3 is 2.43 bits per heavy atom. The molecule has 0 atom stereocenters. The van der Waals surface area contributed by atoms with E-state index in [1.807, 2.05) is 13.0 Å². The average molecular weight is 360 g/mol. The number of methoxy groups -OCH3 is 1. The molecule has 21 heavy (non-hydrogen) atoms.